The summed E-state index contributed by atoms with van der Waals surface area (Å²) < 4.78 is 28.6. The topological polar surface area (TPSA) is 58.6 Å². The van der Waals surface area contributed by atoms with Crippen molar-refractivity contribution in [1.82, 2.24) is 10.2 Å². The molecular formula is C19H20F2N2O3S. The number of hydrogen-bond donors (Lipinski definition) is 1. The normalized spacial score (nSPS) is 16.1. The molecule has 1 aliphatic rings. The van der Waals surface area contributed by atoms with E-state index in [0.717, 1.165) is 12.8 Å². The van der Waals surface area contributed by atoms with Gasteiger partial charge in [-0.3, -0.25) is 9.59 Å². The van der Waals surface area contributed by atoms with E-state index in [2.05, 4.69) is 16.1 Å². The lowest BCUT2D eigenvalue weighted by atomic mass is 9.98. The van der Waals surface area contributed by atoms with Crippen LogP contribution in [0.2, 0.25) is 0 Å². The third-order valence-corrected chi connectivity index (χ3v) is 5.54. The maximum atomic E-state index is 12.6. The summed E-state index contributed by atoms with van der Waals surface area (Å²) in [5.41, 5.74) is 1.47. The Hall–Kier alpha value is -2.48. The number of ether oxygens (including phenoxy) is 1. The van der Waals surface area contributed by atoms with E-state index in [1.807, 2.05) is 17.2 Å². The van der Waals surface area contributed by atoms with E-state index in [0.29, 0.717) is 6.54 Å². The molecule has 1 N–H and O–H groups in total. The second-order valence-corrected chi connectivity index (χ2v) is 7.15. The van der Waals surface area contributed by atoms with Crippen molar-refractivity contribution in [3.05, 3.63) is 51.7 Å². The summed E-state index contributed by atoms with van der Waals surface area (Å²) in [7, 11) is 0. The first kappa shape index (κ1) is 19.3. The third-order valence-electron chi connectivity index (χ3n) is 4.54. The molecule has 0 bridgehead atoms. The molecule has 0 spiro atoms. The zero-order chi connectivity index (χ0) is 19.4. The van der Waals surface area contributed by atoms with E-state index in [9.17, 15) is 18.4 Å². The maximum Gasteiger partial charge on any atom is 0.387 e. The summed E-state index contributed by atoms with van der Waals surface area (Å²) in [4.78, 5) is 28.0. The number of hydrogen-bond acceptors (Lipinski definition) is 4. The highest BCUT2D eigenvalue weighted by Gasteiger charge is 2.30. The number of fused-ring (bicyclic) bond motifs is 1. The summed E-state index contributed by atoms with van der Waals surface area (Å²) in [6.45, 7) is -0.342. The first-order valence-electron chi connectivity index (χ1n) is 8.68. The number of rotatable bonds is 6. The molecule has 0 saturated carbocycles. The summed E-state index contributed by atoms with van der Waals surface area (Å²) >= 11 is 1.71. The molecule has 1 aromatic carbocycles. The van der Waals surface area contributed by atoms with E-state index in [4.69, 9.17) is 0 Å². The van der Waals surface area contributed by atoms with Crippen LogP contribution in [0, 0.1) is 0 Å². The van der Waals surface area contributed by atoms with Crippen LogP contribution in [0.5, 0.6) is 5.75 Å². The van der Waals surface area contributed by atoms with Crippen molar-refractivity contribution < 1.29 is 23.1 Å². The number of carbonyl (C=O) groups is 2. The number of alkyl halides is 2. The number of nitrogens with one attached hydrogen (secondary N) is 1. The van der Waals surface area contributed by atoms with Crippen LogP contribution >= 0.6 is 11.3 Å². The lowest BCUT2D eigenvalue weighted by Crippen LogP contribution is -2.44. The first-order chi connectivity index (χ1) is 13.0. The van der Waals surface area contributed by atoms with Gasteiger partial charge in [0.1, 0.15) is 5.75 Å². The predicted molar refractivity (Wildman–Crippen MR) is 98.2 cm³/mol. The van der Waals surface area contributed by atoms with Gasteiger partial charge in [0.25, 0.3) is 5.91 Å². The Morgan fingerprint density at radius 3 is 2.70 bits per heavy atom. The molecule has 0 aliphatic carbocycles. The minimum Gasteiger partial charge on any atom is -0.435 e. The molecule has 27 heavy (non-hydrogen) atoms. The Bertz CT molecular complexity index is 808. The molecule has 0 radical (unpaired) electrons. The van der Waals surface area contributed by atoms with Gasteiger partial charge in [0.05, 0.1) is 12.6 Å². The molecule has 144 valence electrons. The number of halogens is 2. The van der Waals surface area contributed by atoms with Crippen molar-refractivity contribution >= 4 is 23.2 Å². The molecule has 1 atom stereocenters. The van der Waals surface area contributed by atoms with E-state index in [1.54, 1.807) is 11.3 Å². The fourth-order valence-electron chi connectivity index (χ4n) is 3.28. The van der Waals surface area contributed by atoms with Gasteiger partial charge in [-0.25, -0.2) is 0 Å². The molecule has 2 amide bonds. The summed E-state index contributed by atoms with van der Waals surface area (Å²) in [5.74, 6) is -0.596. The van der Waals surface area contributed by atoms with Gasteiger partial charge in [0.2, 0.25) is 5.91 Å². The summed E-state index contributed by atoms with van der Waals surface area (Å²) in [6, 6.07) is 7.44. The predicted octanol–water partition coefficient (Wildman–Crippen LogP) is 3.62. The SMILES string of the molecule is CCC1c2ccsc2CCN1C(=O)CNC(=O)c1ccc(OC(F)F)cc1. The molecule has 0 fully saturated rings. The molecule has 1 unspecified atom stereocenters. The van der Waals surface area contributed by atoms with Crippen molar-refractivity contribution in [2.45, 2.75) is 32.4 Å². The van der Waals surface area contributed by atoms with Crippen molar-refractivity contribution in [3.8, 4) is 5.75 Å². The van der Waals surface area contributed by atoms with Gasteiger partial charge in [-0.15, -0.1) is 11.3 Å². The Morgan fingerprint density at radius 1 is 1.30 bits per heavy atom. The maximum absolute atomic E-state index is 12.6. The lowest BCUT2D eigenvalue weighted by Gasteiger charge is -2.35. The van der Waals surface area contributed by atoms with Crippen LogP contribution in [-0.2, 0) is 11.2 Å². The minimum atomic E-state index is -2.91. The average Bonchev–Trinajstić information content (AvgIpc) is 3.14. The van der Waals surface area contributed by atoms with E-state index >= 15 is 0 Å². The smallest absolute Gasteiger partial charge is 0.387 e. The molecule has 8 heteroatoms. The van der Waals surface area contributed by atoms with Gasteiger partial charge in [-0.2, -0.15) is 8.78 Å². The Morgan fingerprint density at radius 2 is 2.04 bits per heavy atom. The number of amides is 2. The molecule has 3 rings (SSSR count). The van der Waals surface area contributed by atoms with Gasteiger partial charge in [0, 0.05) is 17.0 Å². The molecule has 0 saturated heterocycles. The minimum absolute atomic E-state index is 0.0247. The Labute approximate surface area is 159 Å². The quantitative estimate of drug-likeness (QED) is 0.814. The highest BCUT2D eigenvalue weighted by Crippen LogP contribution is 2.35. The Kier molecular flexibility index (Phi) is 6.05. The Balaban J connectivity index is 1.58. The van der Waals surface area contributed by atoms with Gasteiger partial charge in [0.15, 0.2) is 0 Å². The largest absolute Gasteiger partial charge is 0.435 e. The van der Waals surface area contributed by atoms with Crippen LogP contribution in [0.1, 0.15) is 40.2 Å². The zero-order valence-electron chi connectivity index (χ0n) is 14.8. The van der Waals surface area contributed by atoms with Crippen LogP contribution < -0.4 is 10.1 Å². The van der Waals surface area contributed by atoms with Crippen LogP contribution in [-0.4, -0.2) is 36.4 Å². The van der Waals surface area contributed by atoms with E-state index in [-0.39, 0.29) is 29.8 Å². The van der Waals surface area contributed by atoms with E-state index < -0.39 is 12.5 Å². The summed E-state index contributed by atoms with van der Waals surface area (Å²) in [6.07, 6.45) is 1.64. The average molecular weight is 394 g/mol. The van der Waals surface area contributed by atoms with Crippen molar-refractivity contribution in [2.24, 2.45) is 0 Å². The fourth-order valence-corrected chi connectivity index (χ4v) is 4.21. The van der Waals surface area contributed by atoms with Gasteiger partial charge < -0.3 is 15.0 Å². The fraction of sp³-hybridized carbons (Fsp3) is 0.368. The second kappa shape index (κ2) is 8.47. The third kappa shape index (κ3) is 4.44. The van der Waals surface area contributed by atoms with Crippen LogP contribution in [0.3, 0.4) is 0 Å². The van der Waals surface area contributed by atoms with Gasteiger partial charge in [-0.05, 0) is 54.1 Å². The van der Waals surface area contributed by atoms with Crippen LogP contribution in [0.15, 0.2) is 35.7 Å². The second-order valence-electron chi connectivity index (χ2n) is 6.15. The molecular weight excluding hydrogens is 374 g/mol. The highest BCUT2D eigenvalue weighted by molar-refractivity contribution is 7.10. The standard InChI is InChI=1S/C19H20F2N2O3S/c1-2-15-14-8-10-27-16(14)7-9-23(15)17(24)11-22-18(25)12-3-5-13(6-4-12)26-19(20)21/h3-6,8,10,15,19H,2,7,9,11H2,1H3,(H,22,25). The van der Waals surface area contributed by atoms with Crippen molar-refractivity contribution in [3.63, 3.8) is 0 Å². The highest BCUT2D eigenvalue weighted by atomic mass is 32.1. The lowest BCUT2D eigenvalue weighted by molar-refractivity contribution is -0.133. The summed E-state index contributed by atoms with van der Waals surface area (Å²) in [5, 5.41) is 4.65. The van der Waals surface area contributed by atoms with Gasteiger partial charge in [-0.1, -0.05) is 6.92 Å². The molecule has 2 aromatic rings. The molecule has 5 nitrogen and oxygen atoms in total. The number of carbonyl (C=O) groups excluding carboxylic acids is 2. The van der Waals surface area contributed by atoms with E-state index in [1.165, 1.54) is 34.7 Å². The van der Waals surface area contributed by atoms with Crippen LogP contribution in [0.4, 0.5) is 8.78 Å². The monoisotopic (exact) mass is 394 g/mol. The molecule has 1 aliphatic heterocycles. The van der Waals surface area contributed by atoms with Crippen molar-refractivity contribution in [2.75, 3.05) is 13.1 Å². The molecule has 2 heterocycles. The van der Waals surface area contributed by atoms with Gasteiger partial charge >= 0.3 is 6.61 Å². The zero-order valence-corrected chi connectivity index (χ0v) is 15.6. The van der Waals surface area contributed by atoms with Crippen molar-refractivity contribution in [1.29, 1.82) is 0 Å². The number of nitrogens with zero attached hydrogens (tertiary/aromatic N) is 1. The molecule has 1 aromatic heterocycles. The first-order valence-corrected chi connectivity index (χ1v) is 9.56. The number of benzene rings is 1. The van der Waals surface area contributed by atoms with Crippen LogP contribution in [0.25, 0.3) is 0 Å². The number of thiophene rings is 1.